The quantitative estimate of drug-likeness (QED) is 0.811. The monoisotopic (exact) mass is 281 g/mol. The van der Waals surface area contributed by atoms with Crippen LogP contribution in [-0.2, 0) is 6.42 Å². The Morgan fingerprint density at radius 3 is 2.67 bits per heavy atom. The van der Waals surface area contributed by atoms with Crippen LogP contribution in [0.15, 0.2) is 61.2 Å². The van der Waals surface area contributed by atoms with Crippen molar-refractivity contribution < 1.29 is 9.53 Å². The summed E-state index contributed by atoms with van der Waals surface area (Å²) < 4.78 is 5.39. The van der Waals surface area contributed by atoms with E-state index in [9.17, 15) is 4.79 Å². The Kier molecular flexibility index (Phi) is 5.16. The first-order valence-corrected chi connectivity index (χ1v) is 6.97. The predicted octanol–water partition coefficient (Wildman–Crippen LogP) is 4.07. The van der Waals surface area contributed by atoms with Crippen LogP contribution in [0.3, 0.4) is 0 Å². The molecule has 0 heterocycles. The summed E-state index contributed by atoms with van der Waals surface area (Å²) in [6.07, 6.45) is 2.63. The Hall–Kier alpha value is -2.55. The summed E-state index contributed by atoms with van der Waals surface area (Å²) in [4.78, 5) is 12.2. The first-order chi connectivity index (χ1) is 10.2. The van der Waals surface area contributed by atoms with Crippen LogP contribution >= 0.6 is 0 Å². The molecule has 1 amide bonds. The molecule has 0 spiro atoms. The Bertz CT molecular complexity index is 617. The number of aryl methyl sites for hydroxylation is 1. The van der Waals surface area contributed by atoms with E-state index >= 15 is 0 Å². The normalized spacial score (nSPS) is 9.95. The lowest BCUT2D eigenvalue weighted by atomic mass is 10.1. The molecular formula is C18H19NO2. The van der Waals surface area contributed by atoms with Crippen LogP contribution in [0, 0.1) is 0 Å². The number of ether oxygens (including phenoxy) is 1. The van der Waals surface area contributed by atoms with E-state index in [-0.39, 0.29) is 5.91 Å². The van der Waals surface area contributed by atoms with E-state index in [1.165, 1.54) is 5.56 Å². The summed E-state index contributed by atoms with van der Waals surface area (Å²) >= 11 is 0. The van der Waals surface area contributed by atoms with Gasteiger partial charge in [-0.15, -0.1) is 0 Å². The minimum absolute atomic E-state index is 0.126. The molecule has 0 saturated heterocycles. The Labute approximate surface area is 125 Å². The van der Waals surface area contributed by atoms with E-state index in [0.717, 1.165) is 17.9 Å². The molecule has 2 rings (SSSR count). The Morgan fingerprint density at radius 2 is 2.00 bits per heavy atom. The van der Waals surface area contributed by atoms with Crippen molar-refractivity contribution in [2.45, 2.75) is 13.3 Å². The van der Waals surface area contributed by atoms with E-state index in [1.807, 2.05) is 24.3 Å². The summed E-state index contributed by atoms with van der Waals surface area (Å²) in [6, 6.07) is 14.9. The maximum Gasteiger partial charge on any atom is 0.255 e. The van der Waals surface area contributed by atoms with E-state index in [1.54, 1.807) is 30.3 Å². The summed E-state index contributed by atoms with van der Waals surface area (Å²) in [7, 11) is 0. The van der Waals surface area contributed by atoms with E-state index in [4.69, 9.17) is 4.74 Å². The molecule has 108 valence electrons. The maximum absolute atomic E-state index is 12.2. The van der Waals surface area contributed by atoms with E-state index < -0.39 is 0 Å². The SMILES string of the molecule is C=CCOc1ccc(C(=O)Nc2cccc(CC)c2)cc1. The number of carbonyl (C=O) groups excluding carboxylic acids is 1. The summed E-state index contributed by atoms with van der Waals surface area (Å²) in [5.74, 6) is 0.595. The molecule has 0 aromatic heterocycles. The molecule has 0 aliphatic rings. The van der Waals surface area contributed by atoms with Crippen molar-refractivity contribution in [2.75, 3.05) is 11.9 Å². The van der Waals surface area contributed by atoms with Crippen molar-refractivity contribution in [1.82, 2.24) is 0 Å². The fourth-order valence-corrected chi connectivity index (χ4v) is 1.93. The molecule has 0 bridgehead atoms. The van der Waals surface area contributed by atoms with Gasteiger partial charge in [-0.05, 0) is 48.4 Å². The van der Waals surface area contributed by atoms with Gasteiger partial charge in [0.25, 0.3) is 5.91 Å². The fraction of sp³-hybridized carbons (Fsp3) is 0.167. The molecular weight excluding hydrogens is 262 g/mol. The third-order valence-corrected chi connectivity index (χ3v) is 3.08. The zero-order chi connectivity index (χ0) is 15.1. The molecule has 0 fully saturated rings. The molecule has 21 heavy (non-hydrogen) atoms. The van der Waals surface area contributed by atoms with Crippen LogP contribution in [0.5, 0.6) is 5.75 Å². The van der Waals surface area contributed by atoms with Gasteiger partial charge in [0.2, 0.25) is 0 Å². The number of benzene rings is 2. The van der Waals surface area contributed by atoms with Gasteiger partial charge in [-0.1, -0.05) is 31.7 Å². The van der Waals surface area contributed by atoms with Crippen LogP contribution in [0.25, 0.3) is 0 Å². The Morgan fingerprint density at radius 1 is 1.24 bits per heavy atom. The molecule has 3 nitrogen and oxygen atoms in total. The highest BCUT2D eigenvalue weighted by atomic mass is 16.5. The molecule has 0 aliphatic heterocycles. The molecule has 2 aromatic rings. The first kappa shape index (κ1) is 14.9. The maximum atomic E-state index is 12.2. The van der Waals surface area contributed by atoms with E-state index in [2.05, 4.69) is 18.8 Å². The number of amides is 1. The lowest BCUT2D eigenvalue weighted by Gasteiger charge is -2.08. The summed E-state index contributed by atoms with van der Waals surface area (Å²) in [5.41, 5.74) is 2.61. The third-order valence-electron chi connectivity index (χ3n) is 3.08. The van der Waals surface area contributed by atoms with Crippen molar-refractivity contribution in [1.29, 1.82) is 0 Å². The van der Waals surface area contributed by atoms with Crippen LogP contribution in [0.2, 0.25) is 0 Å². The molecule has 0 atom stereocenters. The van der Waals surface area contributed by atoms with Crippen molar-refractivity contribution >= 4 is 11.6 Å². The Balaban J connectivity index is 2.03. The second kappa shape index (κ2) is 7.29. The largest absolute Gasteiger partial charge is 0.490 e. The topological polar surface area (TPSA) is 38.3 Å². The molecule has 2 aromatic carbocycles. The smallest absolute Gasteiger partial charge is 0.255 e. The lowest BCUT2D eigenvalue weighted by Crippen LogP contribution is -2.11. The molecule has 0 saturated carbocycles. The minimum Gasteiger partial charge on any atom is -0.490 e. The van der Waals surface area contributed by atoms with Gasteiger partial charge >= 0.3 is 0 Å². The molecule has 1 N–H and O–H groups in total. The second-order valence-electron chi connectivity index (χ2n) is 4.63. The number of rotatable bonds is 6. The van der Waals surface area contributed by atoms with Gasteiger partial charge < -0.3 is 10.1 Å². The predicted molar refractivity (Wildman–Crippen MR) is 85.9 cm³/mol. The molecule has 3 heteroatoms. The number of hydrogen-bond acceptors (Lipinski definition) is 2. The molecule has 0 radical (unpaired) electrons. The van der Waals surface area contributed by atoms with Crippen LogP contribution in [0.4, 0.5) is 5.69 Å². The number of hydrogen-bond donors (Lipinski definition) is 1. The van der Waals surface area contributed by atoms with Gasteiger partial charge in [0.15, 0.2) is 0 Å². The van der Waals surface area contributed by atoms with Crippen molar-refractivity contribution in [2.24, 2.45) is 0 Å². The van der Waals surface area contributed by atoms with Gasteiger partial charge in [-0.3, -0.25) is 4.79 Å². The van der Waals surface area contributed by atoms with Crippen LogP contribution in [0.1, 0.15) is 22.8 Å². The zero-order valence-electron chi connectivity index (χ0n) is 12.1. The van der Waals surface area contributed by atoms with Crippen molar-refractivity contribution in [3.63, 3.8) is 0 Å². The van der Waals surface area contributed by atoms with Crippen LogP contribution in [-0.4, -0.2) is 12.5 Å². The van der Waals surface area contributed by atoms with Gasteiger partial charge in [0.1, 0.15) is 12.4 Å². The number of carbonyl (C=O) groups is 1. The lowest BCUT2D eigenvalue weighted by molar-refractivity contribution is 0.102. The van der Waals surface area contributed by atoms with Gasteiger partial charge in [0.05, 0.1) is 0 Å². The molecule has 0 unspecified atom stereocenters. The highest BCUT2D eigenvalue weighted by Gasteiger charge is 2.06. The van der Waals surface area contributed by atoms with Crippen molar-refractivity contribution in [3.8, 4) is 5.75 Å². The zero-order valence-corrected chi connectivity index (χ0v) is 12.1. The minimum atomic E-state index is -0.126. The average Bonchev–Trinajstić information content (AvgIpc) is 2.53. The summed E-state index contributed by atoms with van der Waals surface area (Å²) in [6.45, 7) is 6.13. The standard InChI is InChI=1S/C18H19NO2/c1-3-12-21-17-10-8-15(9-11-17)18(20)19-16-7-5-6-14(4-2)13-16/h3,5-11,13H,1,4,12H2,2H3,(H,19,20). The van der Waals surface area contributed by atoms with Crippen molar-refractivity contribution in [3.05, 3.63) is 72.3 Å². The average molecular weight is 281 g/mol. The van der Waals surface area contributed by atoms with E-state index in [0.29, 0.717) is 12.2 Å². The van der Waals surface area contributed by atoms with Gasteiger partial charge in [-0.25, -0.2) is 0 Å². The van der Waals surface area contributed by atoms with Gasteiger partial charge in [0, 0.05) is 11.3 Å². The fourth-order valence-electron chi connectivity index (χ4n) is 1.93. The number of nitrogens with one attached hydrogen (secondary N) is 1. The second-order valence-corrected chi connectivity index (χ2v) is 4.63. The van der Waals surface area contributed by atoms with Crippen LogP contribution < -0.4 is 10.1 Å². The third kappa shape index (κ3) is 4.21. The highest BCUT2D eigenvalue weighted by molar-refractivity contribution is 6.04. The number of anilines is 1. The van der Waals surface area contributed by atoms with Gasteiger partial charge in [-0.2, -0.15) is 0 Å². The summed E-state index contributed by atoms with van der Waals surface area (Å²) in [5, 5.41) is 2.90. The molecule has 0 aliphatic carbocycles. The highest BCUT2D eigenvalue weighted by Crippen LogP contribution is 2.15. The first-order valence-electron chi connectivity index (χ1n) is 6.97.